The highest BCUT2D eigenvalue weighted by Gasteiger charge is 2.12. The van der Waals surface area contributed by atoms with Crippen LogP contribution >= 0.6 is 0 Å². The molecule has 0 aliphatic carbocycles. The average Bonchev–Trinajstić information content (AvgIpc) is 3.12. The number of amides is 1. The molecule has 0 unspecified atom stereocenters. The molecule has 0 saturated heterocycles. The van der Waals surface area contributed by atoms with Gasteiger partial charge in [0.05, 0.1) is 35.5 Å². The Morgan fingerprint density at radius 1 is 1.28 bits per heavy atom. The minimum absolute atomic E-state index is 0.112. The van der Waals surface area contributed by atoms with Gasteiger partial charge < -0.3 is 10.1 Å². The molecule has 0 radical (unpaired) electrons. The van der Waals surface area contributed by atoms with Crippen LogP contribution in [-0.4, -0.2) is 39.9 Å². The molecule has 0 atom stereocenters. The summed E-state index contributed by atoms with van der Waals surface area (Å²) < 4.78 is 6.68. The van der Waals surface area contributed by atoms with E-state index < -0.39 is 0 Å². The molecule has 8 nitrogen and oxygen atoms in total. The Balaban J connectivity index is 1.72. The van der Waals surface area contributed by atoms with Crippen LogP contribution in [0.2, 0.25) is 0 Å². The Kier molecular flexibility index (Phi) is 6.22. The third-order valence-corrected chi connectivity index (χ3v) is 4.17. The summed E-state index contributed by atoms with van der Waals surface area (Å²) in [6.45, 7) is 4.70. The fourth-order valence-corrected chi connectivity index (χ4v) is 2.69. The first kappa shape index (κ1) is 20.0. The normalized spacial score (nSPS) is 10.7. The molecule has 8 heteroatoms. The van der Waals surface area contributed by atoms with Crippen LogP contribution in [0, 0.1) is 11.3 Å². The van der Waals surface area contributed by atoms with E-state index in [9.17, 15) is 9.59 Å². The molecule has 29 heavy (non-hydrogen) atoms. The summed E-state index contributed by atoms with van der Waals surface area (Å²) in [4.78, 5) is 29.1. The number of aromatic nitrogens is 3. The van der Waals surface area contributed by atoms with Gasteiger partial charge in [-0.05, 0) is 43.7 Å². The first-order valence-electron chi connectivity index (χ1n) is 9.17. The molecular formula is C21H21N5O3. The molecule has 0 spiro atoms. The number of carbonyl (C=O) groups is 1. The van der Waals surface area contributed by atoms with Gasteiger partial charge in [0.15, 0.2) is 5.82 Å². The van der Waals surface area contributed by atoms with Crippen molar-refractivity contribution in [2.45, 2.75) is 20.0 Å². The van der Waals surface area contributed by atoms with Gasteiger partial charge in [0.25, 0.3) is 11.5 Å². The smallest absolute Gasteiger partial charge is 0.280 e. The van der Waals surface area contributed by atoms with Gasteiger partial charge >= 0.3 is 0 Å². The topological polar surface area (TPSA) is 113 Å². The van der Waals surface area contributed by atoms with Gasteiger partial charge in [-0.2, -0.15) is 5.26 Å². The second-order valence-corrected chi connectivity index (χ2v) is 6.60. The Hall–Kier alpha value is -3.70. The first-order chi connectivity index (χ1) is 14.0. The maximum atomic E-state index is 12.7. The molecular weight excluding hydrogens is 370 g/mol. The summed E-state index contributed by atoms with van der Waals surface area (Å²) in [7, 11) is 0. The van der Waals surface area contributed by atoms with E-state index in [1.807, 2.05) is 19.9 Å². The van der Waals surface area contributed by atoms with E-state index in [2.05, 4.69) is 15.4 Å². The van der Waals surface area contributed by atoms with Crippen LogP contribution in [0.4, 0.5) is 0 Å². The molecule has 1 aromatic carbocycles. The lowest BCUT2D eigenvalue weighted by Crippen LogP contribution is -2.28. The zero-order chi connectivity index (χ0) is 20.8. The molecule has 148 valence electrons. The molecule has 3 aromatic rings. The van der Waals surface area contributed by atoms with Crippen molar-refractivity contribution in [1.29, 1.82) is 5.26 Å². The van der Waals surface area contributed by atoms with Gasteiger partial charge in [0.1, 0.15) is 0 Å². The van der Waals surface area contributed by atoms with Crippen molar-refractivity contribution in [3.05, 3.63) is 70.3 Å². The maximum Gasteiger partial charge on any atom is 0.280 e. The van der Waals surface area contributed by atoms with Crippen LogP contribution in [0.3, 0.4) is 0 Å². The monoisotopic (exact) mass is 391 g/mol. The van der Waals surface area contributed by atoms with Crippen molar-refractivity contribution in [2.75, 3.05) is 13.2 Å². The number of aromatic amines is 1. The van der Waals surface area contributed by atoms with Gasteiger partial charge in [-0.1, -0.05) is 12.1 Å². The van der Waals surface area contributed by atoms with Crippen LogP contribution < -0.4 is 10.9 Å². The van der Waals surface area contributed by atoms with Crippen molar-refractivity contribution in [3.8, 4) is 23.0 Å². The first-order valence-corrected chi connectivity index (χ1v) is 9.17. The zero-order valence-corrected chi connectivity index (χ0v) is 16.2. The molecule has 3 rings (SSSR count). The van der Waals surface area contributed by atoms with Gasteiger partial charge in [-0.25, -0.2) is 9.67 Å². The minimum atomic E-state index is -0.273. The Labute approximate surface area is 167 Å². The standard InChI is InChI=1S/C21H21N5O3/c1-14(2)29-10-9-23-20(27)17-7-8-19(24-12-17)26-21(28)18(13-25-26)16-5-3-15(11-22)4-6-16/h3-8,12-14,25H,9-10H2,1-2H3,(H,23,27). The van der Waals surface area contributed by atoms with Crippen molar-refractivity contribution < 1.29 is 9.53 Å². The van der Waals surface area contributed by atoms with E-state index in [1.54, 1.807) is 42.6 Å². The molecule has 2 heterocycles. The zero-order valence-electron chi connectivity index (χ0n) is 16.2. The Morgan fingerprint density at radius 2 is 2.03 bits per heavy atom. The molecule has 2 N–H and O–H groups in total. The number of pyridine rings is 1. The van der Waals surface area contributed by atoms with Gasteiger partial charge in [-0.3, -0.25) is 14.7 Å². The molecule has 0 bridgehead atoms. The summed E-state index contributed by atoms with van der Waals surface area (Å²) in [5, 5.41) is 14.5. The highest BCUT2D eigenvalue weighted by molar-refractivity contribution is 5.93. The lowest BCUT2D eigenvalue weighted by Gasteiger charge is -2.08. The molecule has 0 aliphatic rings. The minimum Gasteiger partial charge on any atom is -0.377 e. The number of nitriles is 1. The summed E-state index contributed by atoms with van der Waals surface area (Å²) in [6.07, 6.45) is 3.12. The van der Waals surface area contributed by atoms with Crippen molar-refractivity contribution >= 4 is 5.91 Å². The van der Waals surface area contributed by atoms with Crippen molar-refractivity contribution in [1.82, 2.24) is 20.1 Å². The third kappa shape index (κ3) is 4.78. The van der Waals surface area contributed by atoms with Crippen LogP contribution in [0.1, 0.15) is 29.8 Å². The van der Waals surface area contributed by atoms with Gasteiger partial charge in [-0.15, -0.1) is 0 Å². The predicted molar refractivity (Wildman–Crippen MR) is 108 cm³/mol. The van der Waals surface area contributed by atoms with E-state index in [4.69, 9.17) is 10.00 Å². The second-order valence-electron chi connectivity index (χ2n) is 6.60. The fourth-order valence-electron chi connectivity index (χ4n) is 2.69. The second kappa shape index (κ2) is 8.99. The Morgan fingerprint density at radius 3 is 2.66 bits per heavy atom. The van der Waals surface area contributed by atoms with Crippen LogP contribution in [0.5, 0.6) is 0 Å². The van der Waals surface area contributed by atoms with E-state index in [0.717, 1.165) is 0 Å². The van der Waals surface area contributed by atoms with Crippen LogP contribution in [-0.2, 0) is 4.74 Å². The van der Waals surface area contributed by atoms with Crippen molar-refractivity contribution in [2.24, 2.45) is 0 Å². The summed E-state index contributed by atoms with van der Waals surface area (Å²) in [6, 6.07) is 12.0. The van der Waals surface area contributed by atoms with Crippen molar-refractivity contribution in [3.63, 3.8) is 0 Å². The quantitative estimate of drug-likeness (QED) is 0.600. The number of hydrogen-bond acceptors (Lipinski definition) is 5. The number of H-pyrrole nitrogens is 1. The number of nitrogens with zero attached hydrogens (tertiary/aromatic N) is 3. The number of benzene rings is 1. The molecule has 1 amide bonds. The van der Waals surface area contributed by atoms with E-state index in [1.165, 1.54) is 10.9 Å². The highest BCUT2D eigenvalue weighted by atomic mass is 16.5. The Bertz CT molecular complexity index is 1070. The summed E-state index contributed by atoms with van der Waals surface area (Å²) >= 11 is 0. The summed E-state index contributed by atoms with van der Waals surface area (Å²) in [5.74, 6) is 0.114. The van der Waals surface area contributed by atoms with Gasteiger partial charge in [0.2, 0.25) is 0 Å². The van der Waals surface area contributed by atoms with Crippen LogP contribution in [0.15, 0.2) is 53.6 Å². The summed E-state index contributed by atoms with van der Waals surface area (Å²) in [5.41, 5.74) is 1.80. The van der Waals surface area contributed by atoms with E-state index >= 15 is 0 Å². The molecule has 0 fully saturated rings. The number of rotatable bonds is 7. The average molecular weight is 391 g/mol. The van der Waals surface area contributed by atoms with Gasteiger partial charge in [0, 0.05) is 18.9 Å². The predicted octanol–water partition coefficient (Wildman–Crippen LogP) is 2.25. The SMILES string of the molecule is CC(C)OCCNC(=O)c1ccc(-n2[nH]cc(-c3ccc(C#N)cc3)c2=O)nc1. The fraction of sp³-hybridized carbons (Fsp3) is 0.238. The lowest BCUT2D eigenvalue weighted by molar-refractivity contribution is 0.0746. The number of hydrogen-bond donors (Lipinski definition) is 2. The highest BCUT2D eigenvalue weighted by Crippen LogP contribution is 2.16. The molecule has 2 aromatic heterocycles. The van der Waals surface area contributed by atoms with E-state index in [0.29, 0.717) is 41.2 Å². The van der Waals surface area contributed by atoms with E-state index in [-0.39, 0.29) is 17.6 Å². The number of ether oxygens (including phenoxy) is 1. The van der Waals surface area contributed by atoms with Crippen LogP contribution in [0.25, 0.3) is 16.9 Å². The maximum absolute atomic E-state index is 12.7. The largest absolute Gasteiger partial charge is 0.377 e. The molecule has 0 aliphatic heterocycles. The lowest BCUT2D eigenvalue weighted by atomic mass is 10.1. The number of nitrogens with one attached hydrogen (secondary N) is 2. The third-order valence-electron chi connectivity index (χ3n) is 4.17. The number of carbonyl (C=O) groups excluding carboxylic acids is 1. The molecule has 0 saturated carbocycles.